The number of para-hydroxylation sites is 1. The molecule has 43 heavy (non-hydrogen) atoms. The Labute approximate surface area is 252 Å². The third kappa shape index (κ3) is 5.45. The highest BCUT2D eigenvalue weighted by atomic mass is 16.5. The molecule has 220 valence electrons. The fourth-order valence-corrected chi connectivity index (χ4v) is 6.34. The molecule has 0 N–H and O–H groups in total. The molecule has 1 aliphatic rings. The van der Waals surface area contributed by atoms with Crippen molar-refractivity contribution >= 4 is 16.9 Å². The highest BCUT2D eigenvalue weighted by Gasteiger charge is 2.30. The summed E-state index contributed by atoms with van der Waals surface area (Å²) in [5, 5.41) is 1.22. The van der Waals surface area contributed by atoms with Crippen molar-refractivity contribution in [2.24, 2.45) is 0 Å². The molecule has 1 atom stereocenters. The molecule has 0 amide bonds. The summed E-state index contributed by atoms with van der Waals surface area (Å²) in [6.07, 6.45) is 3.76. The van der Waals surface area contributed by atoms with Crippen LogP contribution >= 0.6 is 0 Å². The van der Waals surface area contributed by atoms with E-state index in [0.717, 1.165) is 25.7 Å². The van der Waals surface area contributed by atoms with Crippen molar-refractivity contribution in [3.05, 3.63) is 118 Å². The van der Waals surface area contributed by atoms with Crippen molar-refractivity contribution in [3.63, 3.8) is 0 Å². The quantitative estimate of drug-likeness (QED) is 0.170. The fraction of sp³-hybridized carbons (Fsp3) is 0.270. The van der Waals surface area contributed by atoms with Gasteiger partial charge in [0, 0.05) is 23.2 Å². The molecule has 0 radical (unpaired) electrons. The SMILES string of the molecule is CCc1ccccc1-n1c2c(c3cc(Cc4ccccc4)ccc31)CC(OC(=O)c1cc(OC)c(OC)c(OC)c1)CC2. The van der Waals surface area contributed by atoms with Gasteiger partial charge in [-0.1, -0.05) is 61.5 Å². The van der Waals surface area contributed by atoms with Crippen LogP contribution < -0.4 is 14.2 Å². The van der Waals surface area contributed by atoms with E-state index in [1.165, 1.54) is 58.8 Å². The normalized spacial score (nSPS) is 14.3. The summed E-state index contributed by atoms with van der Waals surface area (Å²) in [6, 6.07) is 29.3. The Bertz CT molecular complexity index is 1750. The lowest BCUT2D eigenvalue weighted by molar-refractivity contribution is 0.0269. The number of methoxy groups -OCH3 is 3. The number of nitrogens with zero attached hydrogens (tertiary/aromatic N) is 1. The maximum absolute atomic E-state index is 13.4. The number of hydrogen-bond donors (Lipinski definition) is 0. The molecule has 5 aromatic rings. The Morgan fingerprint density at radius 3 is 2.26 bits per heavy atom. The number of carbonyl (C=O) groups is 1. The maximum Gasteiger partial charge on any atom is 0.338 e. The molecule has 1 unspecified atom stereocenters. The van der Waals surface area contributed by atoms with Gasteiger partial charge in [-0.05, 0) is 78.3 Å². The van der Waals surface area contributed by atoms with Gasteiger partial charge < -0.3 is 23.5 Å². The molecule has 1 aliphatic carbocycles. The minimum atomic E-state index is -0.405. The van der Waals surface area contributed by atoms with Crippen LogP contribution in [0.15, 0.2) is 84.9 Å². The van der Waals surface area contributed by atoms with Gasteiger partial charge in [-0.2, -0.15) is 0 Å². The molecule has 1 aromatic heterocycles. The zero-order valence-corrected chi connectivity index (χ0v) is 25.2. The lowest BCUT2D eigenvalue weighted by Crippen LogP contribution is -2.26. The number of fused-ring (bicyclic) bond motifs is 3. The molecule has 0 fully saturated rings. The van der Waals surface area contributed by atoms with Gasteiger partial charge >= 0.3 is 5.97 Å². The van der Waals surface area contributed by atoms with E-state index in [2.05, 4.69) is 78.2 Å². The van der Waals surface area contributed by atoms with E-state index in [-0.39, 0.29) is 6.10 Å². The van der Waals surface area contributed by atoms with Gasteiger partial charge in [-0.3, -0.25) is 0 Å². The Morgan fingerprint density at radius 2 is 1.56 bits per heavy atom. The van der Waals surface area contributed by atoms with Gasteiger partial charge in [-0.15, -0.1) is 0 Å². The van der Waals surface area contributed by atoms with Crippen LogP contribution in [0.2, 0.25) is 0 Å². The zero-order valence-electron chi connectivity index (χ0n) is 25.2. The van der Waals surface area contributed by atoms with Crippen LogP contribution in [0.5, 0.6) is 17.2 Å². The summed E-state index contributed by atoms with van der Waals surface area (Å²) in [4.78, 5) is 13.4. The molecule has 6 nitrogen and oxygen atoms in total. The van der Waals surface area contributed by atoms with Gasteiger partial charge in [0.25, 0.3) is 0 Å². The molecule has 0 bridgehead atoms. The number of aromatic nitrogens is 1. The first-order chi connectivity index (χ1) is 21.0. The smallest absolute Gasteiger partial charge is 0.338 e. The van der Waals surface area contributed by atoms with Gasteiger partial charge in [0.15, 0.2) is 11.5 Å². The maximum atomic E-state index is 13.4. The predicted molar refractivity (Wildman–Crippen MR) is 169 cm³/mol. The monoisotopic (exact) mass is 575 g/mol. The molecular formula is C37H37NO5. The predicted octanol–water partition coefficient (Wildman–Crippen LogP) is 7.52. The Hall–Kier alpha value is -4.71. The van der Waals surface area contributed by atoms with Crippen molar-refractivity contribution < 1.29 is 23.7 Å². The second-order valence-corrected chi connectivity index (χ2v) is 10.9. The van der Waals surface area contributed by atoms with E-state index in [1.807, 2.05) is 6.07 Å². The van der Waals surface area contributed by atoms with E-state index in [1.54, 1.807) is 19.2 Å². The van der Waals surface area contributed by atoms with Crippen LogP contribution in [0, 0.1) is 0 Å². The van der Waals surface area contributed by atoms with Crippen molar-refractivity contribution in [1.29, 1.82) is 0 Å². The first kappa shape index (κ1) is 28.4. The molecule has 4 aromatic carbocycles. The number of ether oxygens (including phenoxy) is 4. The molecule has 6 rings (SSSR count). The first-order valence-electron chi connectivity index (χ1n) is 14.8. The summed E-state index contributed by atoms with van der Waals surface area (Å²) >= 11 is 0. The third-order valence-electron chi connectivity index (χ3n) is 8.42. The van der Waals surface area contributed by atoms with Crippen molar-refractivity contribution in [2.45, 2.75) is 45.1 Å². The minimum Gasteiger partial charge on any atom is -0.493 e. The van der Waals surface area contributed by atoms with E-state index >= 15 is 0 Å². The lowest BCUT2D eigenvalue weighted by atomic mass is 9.92. The van der Waals surface area contributed by atoms with Crippen molar-refractivity contribution in [2.75, 3.05) is 21.3 Å². The minimum absolute atomic E-state index is 0.252. The molecular weight excluding hydrogens is 538 g/mol. The molecule has 0 saturated heterocycles. The number of carbonyl (C=O) groups excluding carboxylic acids is 1. The summed E-state index contributed by atoms with van der Waals surface area (Å²) < 4.78 is 24.9. The molecule has 0 aliphatic heterocycles. The van der Waals surface area contributed by atoms with E-state index in [9.17, 15) is 4.79 Å². The fourth-order valence-electron chi connectivity index (χ4n) is 6.34. The molecule has 0 saturated carbocycles. The summed E-state index contributed by atoms with van der Waals surface area (Å²) in [5.74, 6) is 0.875. The standard InChI is InChI=1S/C37H37NO5/c1-5-26-13-9-10-14-31(26)38-32-17-15-25(19-24-11-7-6-8-12-24)20-29(32)30-23-28(16-18-33(30)38)43-37(39)27-21-34(40-2)36(42-4)35(22-27)41-3/h6-15,17,20-22,28H,5,16,18-19,23H2,1-4H3. The summed E-state index contributed by atoms with van der Waals surface area (Å²) in [6.45, 7) is 2.20. The number of hydrogen-bond acceptors (Lipinski definition) is 5. The van der Waals surface area contributed by atoms with Crippen molar-refractivity contribution in [3.8, 4) is 22.9 Å². The van der Waals surface area contributed by atoms with Gasteiger partial charge in [-0.25, -0.2) is 4.79 Å². The molecule has 1 heterocycles. The highest BCUT2D eigenvalue weighted by Crippen LogP contribution is 2.40. The van der Waals surface area contributed by atoms with Gasteiger partial charge in [0.05, 0.1) is 32.4 Å². The van der Waals surface area contributed by atoms with Gasteiger partial charge in [0.1, 0.15) is 6.10 Å². The Balaban J connectivity index is 1.37. The van der Waals surface area contributed by atoms with Crippen LogP contribution in [0.4, 0.5) is 0 Å². The third-order valence-corrected chi connectivity index (χ3v) is 8.42. The largest absolute Gasteiger partial charge is 0.493 e. The average Bonchev–Trinajstić information content (AvgIpc) is 3.37. The topological polar surface area (TPSA) is 58.9 Å². The number of rotatable bonds is 9. The highest BCUT2D eigenvalue weighted by molar-refractivity contribution is 5.92. The van der Waals surface area contributed by atoms with Crippen LogP contribution in [0.3, 0.4) is 0 Å². The van der Waals surface area contributed by atoms with Crippen molar-refractivity contribution in [1.82, 2.24) is 4.57 Å². The second-order valence-electron chi connectivity index (χ2n) is 10.9. The summed E-state index contributed by atoms with van der Waals surface area (Å²) in [5.41, 5.74) is 9.19. The van der Waals surface area contributed by atoms with E-state index < -0.39 is 5.97 Å². The van der Waals surface area contributed by atoms with Crippen LogP contribution in [-0.2, 0) is 30.4 Å². The van der Waals surface area contributed by atoms with Crippen LogP contribution in [0.25, 0.3) is 16.6 Å². The van der Waals surface area contributed by atoms with E-state index in [0.29, 0.717) is 29.2 Å². The van der Waals surface area contributed by atoms with E-state index in [4.69, 9.17) is 18.9 Å². The number of aryl methyl sites for hydroxylation is 1. The number of esters is 1. The Kier molecular flexibility index (Phi) is 8.10. The number of benzene rings is 4. The Morgan fingerprint density at radius 1 is 0.837 bits per heavy atom. The molecule has 6 heteroatoms. The summed E-state index contributed by atoms with van der Waals surface area (Å²) in [7, 11) is 4.61. The van der Waals surface area contributed by atoms with Crippen LogP contribution in [-0.4, -0.2) is 38.0 Å². The zero-order chi connectivity index (χ0) is 29.9. The van der Waals surface area contributed by atoms with Gasteiger partial charge in [0.2, 0.25) is 5.75 Å². The molecule has 0 spiro atoms. The first-order valence-corrected chi connectivity index (χ1v) is 14.8. The second kappa shape index (κ2) is 12.3. The average molecular weight is 576 g/mol. The lowest BCUT2D eigenvalue weighted by Gasteiger charge is -2.25. The van der Waals surface area contributed by atoms with Crippen LogP contribution in [0.1, 0.15) is 51.7 Å².